The molecule has 2 nitrogen and oxygen atoms in total. The third-order valence-corrected chi connectivity index (χ3v) is 3.60. The number of aliphatic carboxylic acids is 1. The second kappa shape index (κ2) is 11.7. The van der Waals surface area contributed by atoms with Gasteiger partial charge < -0.3 is 5.11 Å². The fourth-order valence-corrected chi connectivity index (χ4v) is 2.19. The molecule has 0 aromatic heterocycles. The van der Waals surface area contributed by atoms with Crippen molar-refractivity contribution in [2.24, 2.45) is 5.92 Å². The molecule has 0 aliphatic carbocycles. The maximum Gasteiger partial charge on any atom is 0.306 e. The Hall–Kier alpha value is -1.05. The van der Waals surface area contributed by atoms with Crippen LogP contribution in [0.5, 0.6) is 0 Å². The van der Waals surface area contributed by atoms with E-state index in [4.69, 9.17) is 0 Å². The standard InChI is InChI=1S/C18H32O2/c1-5-6-7-8-12-17(18(19)20)14-13-16(4)11-9-10-15(2)3/h10,13,17H,5-9,11-12,14H2,1-4H3,(H,19,20)/b16-13+. The van der Waals surface area contributed by atoms with Gasteiger partial charge in [-0.2, -0.15) is 0 Å². The fraction of sp³-hybridized carbons (Fsp3) is 0.722. The van der Waals surface area contributed by atoms with Gasteiger partial charge in [-0.05, 0) is 46.5 Å². The van der Waals surface area contributed by atoms with Crippen molar-refractivity contribution >= 4 is 5.97 Å². The minimum atomic E-state index is -0.644. The van der Waals surface area contributed by atoms with Crippen molar-refractivity contribution in [1.82, 2.24) is 0 Å². The smallest absolute Gasteiger partial charge is 0.306 e. The van der Waals surface area contributed by atoms with Crippen LogP contribution in [0.3, 0.4) is 0 Å². The van der Waals surface area contributed by atoms with Crippen molar-refractivity contribution in [1.29, 1.82) is 0 Å². The van der Waals surface area contributed by atoms with Gasteiger partial charge in [0.2, 0.25) is 0 Å². The summed E-state index contributed by atoms with van der Waals surface area (Å²) in [6.07, 6.45) is 12.5. The Bertz CT molecular complexity index is 322. The SMILES string of the molecule is CCCCCCC(C/C=C(\C)CCC=C(C)C)C(=O)O. The Labute approximate surface area is 125 Å². The van der Waals surface area contributed by atoms with Gasteiger partial charge in [-0.15, -0.1) is 0 Å². The first-order valence-electron chi connectivity index (χ1n) is 7.99. The minimum absolute atomic E-state index is 0.203. The second-order valence-electron chi connectivity index (χ2n) is 5.99. The van der Waals surface area contributed by atoms with E-state index in [-0.39, 0.29) is 5.92 Å². The first-order valence-corrected chi connectivity index (χ1v) is 7.99. The van der Waals surface area contributed by atoms with Crippen LogP contribution in [0.2, 0.25) is 0 Å². The van der Waals surface area contributed by atoms with Crippen LogP contribution in [0.25, 0.3) is 0 Å². The van der Waals surface area contributed by atoms with Crippen molar-refractivity contribution in [2.45, 2.75) is 79.1 Å². The maximum atomic E-state index is 11.2. The highest BCUT2D eigenvalue weighted by Crippen LogP contribution is 2.17. The summed E-state index contributed by atoms with van der Waals surface area (Å²) < 4.78 is 0. The monoisotopic (exact) mass is 280 g/mol. The van der Waals surface area contributed by atoms with E-state index in [1.165, 1.54) is 24.0 Å². The molecule has 0 radical (unpaired) electrons. The van der Waals surface area contributed by atoms with E-state index in [1.54, 1.807) is 0 Å². The maximum absolute atomic E-state index is 11.2. The number of carboxylic acid groups (broad SMARTS) is 1. The number of carboxylic acids is 1. The molecule has 0 heterocycles. The summed E-state index contributed by atoms with van der Waals surface area (Å²) in [5.74, 6) is -0.847. The van der Waals surface area contributed by atoms with E-state index >= 15 is 0 Å². The van der Waals surface area contributed by atoms with Gasteiger partial charge in [0.1, 0.15) is 0 Å². The lowest BCUT2D eigenvalue weighted by Crippen LogP contribution is -2.12. The Balaban J connectivity index is 4.10. The number of rotatable bonds is 11. The van der Waals surface area contributed by atoms with Gasteiger partial charge in [-0.25, -0.2) is 0 Å². The van der Waals surface area contributed by atoms with Gasteiger partial charge in [0.15, 0.2) is 0 Å². The molecule has 0 saturated carbocycles. The predicted octanol–water partition coefficient (Wildman–Crippen LogP) is 5.74. The lowest BCUT2D eigenvalue weighted by molar-refractivity contribution is -0.141. The van der Waals surface area contributed by atoms with Crippen LogP contribution in [0.4, 0.5) is 0 Å². The molecule has 0 aliphatic heterocycles. The molecular weight excluding hydrogens is 248 g/mol. The molecule has 0 spiro atoms. The van der Waals surface area contributed by atoms with Crippen molar-refractivity contribution in [3.05, 3.63) is 23.3 Å². The predicted molar refractivity (Wildman–Crippen MR) is 86.9 cm³/mol. The van der Waals surface area contributed by atoms with Crippen LogP contribution in [0.1, 0.15) is 79.1 Å². The molecule has 0 bridgehead atoms. The molecule has 0 aromatic rings. The average Bonchev–Trinajstić information content (AvgIpc) is 2.37. The quantitative estimate of drug-likeness (QED) is 0.387. The summed E-state index contributed by atoms with van der Waals surface area (Å²) in [6, 6.07) is 0. The molecule has 1 N–H and O–H groups in total. The summed E-state index contributed by atoms with van der Waals surface area (Å²) in [6.45, 7) is 8.49. The average molecular weight is 280 g/mol. The summed E-state index contributed by atoms with van der Waals surface area (Å²) in [4.78, 5) is 11.2. The molecule has 1 unspecified atom stereocenters. The van der Waals surface area contributed by atoms with Gasteiger partial charge in [0, 0.05) is 0 Å². The number of unbranched alkanes of at least 4 members (excludes halogenated alkanes) is 3. The van der Waals surface area contributed by atoms with Crippen LogP contribution < -0.4 is 0 Å². The molecule has 0 aliphatic rings. The lowest BCUT2D eigenvalue weighted by Gasteiger charge is -2.10. The van der Waals surface area contributed by atoms with E-state index < -0.39 is 5.97 Å². The molecule has 0 aromatic carbocycles. The van der Waals surface area contributed by atoms with Crippen LogP contribution in [-0.2, 0) is 4.79 Å². The summed E-state index contributed by atoms with van der Waals surface area (Å²) in [5, 5.41) is 9.25. The highest BCUT2D eigenvalue weighted by molar-refractivity contribution is 5.70. The van der Waals surface area contributed by atoms with Crippen LogP contribution >= 0.6 is 0 Å². The molecule has 0 amide bonds. The highest BCUT2D eigenvalue weighted by atomic mass is 16.4. The van der Waals surface area contributed by atoms with E-state index in [1.807, 2.05) is 0 Å². The van der Waals surface area contributed by atoms with Crippen LogP contribution in [0.15, 0.2) is 23.3 Å². The Kier molecular flexibility index (Phi) is 11.1. The van der Waals surface area contributed by atoms with Gasteiger partial charge in [-0.3, -0.25) is 4.79 Å². The molecule has 0 saturated heterocycles. The molecule has 20 heavy (non-hydrogen) atoms. The van der Waals surface area contributed by atoms with Crippen molar-refractivity contribution in [2.75, 3.05) is 0 Å². The van der Waals surface area contributed by atoms with Crippen molar-refractivity contribution < 1.29 is 9.90 Å². The number of hydrogen-bond acceptors (Lipinski definition) is 1. The highest BCUT2D eigenvalue weighted by Gasteiger charge is 2.15. The summed E-state index contributed by atoms with van der Waals surface area (Å²) in [7, 11) is 0. The Morgan fingerprint density at radius 2 is 1.80 bits per heavy atom. The topological polar surface area (TPSA) is 37.3 Å². The minimum Gasteiger partial charge on any atom is -0.481 e. The third-order valence-electron chi connectivity index (χ3n) is 3.60. The first kappa shape index (κ1) is 18.9. The second-order valence-corrected chi connectivity index (χ2v) is 5.99. The van der Waals surface area contributed by atoms with Crippen LogP contribution in [-0.4, -0.2) is 11.1 Å². The zero-order chi connectivity index (χ0) is 15.4. The lowest BCUT2D eigenvalue weighted by atomic mass is 9.96. The van der Waals surface area contributed by atoms with E-state index in [9.17, 15) is 9.90 Å². The Morgan fingerprint density at radius 1 is 1.10 bits per heavy atom. The molecule has 0 fully saturated rings. The largest absolute Gasteiger partial charge is 0.481 e. The summed E-state index contributed by atoms with van der Waals surface area (Å²) in [5.41, 5.74) is 2.65. The number of allylic oxidation sites excluding steroid dienone is 4. The van der Waals surface area contributed by atoms with Gasteiger partial charge in [0.25, 0.3) is 0 Å². The molecule has 0 rings (SSSR count). The van der Waals surface area contributed by atoms with Crippen LogP contribution in [0, 0.1) is 5.92 Å². The molecule has 116 valence electrons. The van der Waals surface area contributed by atoms with Gasteiger partial charge >= 0.3 is 5.97 Å². The normalized spacial score (nSPS) is 13.1. The molecule has 2 heteroatoms. The number of carbonyl (C=O) groups is 1. The first-order chi connectivity index (χ1) is 9.47. The van der Waals surface area contributed by atoms with Gasteiger partial charge in [-0.1, -0.05) is 55.9 Å². The van der Waals surface area contributed by atoms with E-state index in [0.29, 0.717) is 6.42 Å². The third kappa shape index (κ3) is 10.8. The van der Waals surface area contributed by atoms with Gasteiger partial charge in [0.05, 0.1) is 5.92 Å². The van der Waals surface area contributed by atoms with E-state index in [0.717, 1.165) is 32.1 Å². The van der Waals surface area contributed by atoms with Crippen molar-refractivity contribution in [3.8, 4) is 0 Å². The number of hydrogen-bond donors (Lipinski definition) is 1. The van der Waals surface area contributed by atoms with E-state index in [2.05, 4.69) is 39.8 Å². The summed E-state index contributed by atoms with van der Waals surface area (Å²) >= 11 is 0. The Morgan fingerprint density at radius 3 is 2.35 bits per heavy atom. The molecular formula is C18H32O2. The van der Waals surface area contributed by atoms with Crippen molar-refractivity contribution in [3.63, 3.8) is 0 Å². The molecule has 1 atom stereocenters. The fourth-order valence-electron chi connectivity index (χ4n) is 2.19. The zero-order valence-corrected chi connectivity index (χ0v) is 13.7. The zero-order valence-electron chi connectivity index (χ0n) is 13.7.